The number of nitrogens with one attached hydrogen (secondary N) is 1. The monoisotopic (exact) mass is 263 g/mol. The Bertz CT molecular complexity index is 389. The number of aliphatic hydroxyl groups is 2. The van der Waals surface area contributed by atoms with Gasteiger partial charge in [-0.2, -0.15) is 0 Å². The first-order chi connectivity index (χ1) is 8.02. The molecule has 0 amide bonds. The lowest BCUT2D eigenvalue weighted by Crippen LogP contribution is -2.30. The molecule has 6 heteroatoms. The molecule has 0 saturated heterocycles. The summed E-state index contributed by atoms with van der Waals surface area (Å²) in [4.78, 5) is 0. The fourth-order valence-corrected chi connectivity index (χ4v) is 1.75. The molecule has 0 bridgehead atoms. The largest absolute Gasteiger partial charge is 0.494 e. The van der Waals surface area contributed by atoms with E-state index in [0.717, 1.165) is 0 Å². The van der Waals surface area contributed by atoms with Crippen LogP contribution >= 0.6 is 11.6 Å². The minimum Gasteiger partial charge on any atom is -0.494 e. The van der Waals surface area contributed by atoms with E-state index >= 15 is 0 Å². The van der Waals surface area contributed by atoms with Crippen molar-refractivity contribution < 1.29 is 19.3 Å². The molecule has 0 radical (unpaired) electrons. The van der Waals surface area contributed by atoms with Crippen LogP contribution in [0, 0.1) is 5.82 Å². The highest BCUT2D eigenvalue weighted by atomic mass is 35.5. The molecule has 96 valence electrons. The lowest BCUT2D eigenvalue weighted by molar-refractivity contribution is 0.0180. The second kappa shape index (κ2) is 6.16. The van der Waals surface area contributed by atoms with Crippen molar-refractivity contribution in [1.29, 1.82) is 0 Å². The van der Waals surface area contributed by atoms with Gasteiger partial charge in [-0.05, 0) is 19.2 Å². The summed E-state index contributed by atoms with van der Waals surface area (Å²) in [5.41, 5.74) is -0.159. The summed E-state index contributed by atoms with van der Waals surface area (Å²) >= 11 is 5.81. The molecule has 2 unspecified atom stereocenters. The Morgan fingerprint density at radius 3 is 2.65 bits per heavy atom. The van der Waals surface area contributed by atoms with Gasteiger partial charge in [0.05, 0.1) is 13.2 Å². The van der Waals surface area contributed by atoms with Gasteiger partial charge in [0.25, 0.3) is 0 Å². The fourth-order valence-electron chi connectivity index (χ4n) is 1.49. The van der Waals surface area contributed by atoms with Crippen LogP contribution in [0.5, 0.6) is 5.75 Å². The first-order valence-electron chi connectivity index (χ1n) is 5.05. The predicted molar refractivity (Wildman–Crippen MR) is 62.9 cm³/mol. The molecule has 0 aliphatic rings. The van der Waals surface area contributed by atoms with Gasteiger partial charge in [0.1, 0.15) is 6.10 Å². The van der Waals surface area contributed by atoms with Crippen LogP contribution in [0.2, 0.25) is 5.02 Å². The number of hydrogen-bond acceptors (Lipinski definition) is 4. The number of ether oxygens (including phenoxy) is 1. The summed E-state index contributed by atoms with van der Waals surface area (Å²) in [6.45, 7) is 0.119. The van der Waals surface area contributed by atoms with Crippen LogP contribution in [0.25, 0.3) is 0 Å². The Morgan fingerprint density at radius 1 is 1.47 bits per heavy atom. The minimum absolute atomic E-state index is 0.0277. The molecule has 1 aromatic carbocycles. The van der Waals surface area contributed by atoms with Crippen LogP contribution in [0.1, 0.15) is 11.7 Å². The van der Waals surface area contributed by atoms with Crippen LogP contribution in [-0.2, 0) is 0 Å². The normalized spacial score (nSPS) is 14.5. The summed E-state index contributed by atoms with van der Waals surface area (Å²) < 4.78 is 18.7. The molecular weight excluding hydrogens is 249 g/mol. The Morgan fingerprint density at radius 2 is 2.12 bits per heavy atom. The molecule has 17 heavy (non-hydrogen) atoms. The van der Waals surface area contributed by atoms with E-state index in [4.69, 9.17) is 16.3 Å². The Labute approximate surface area is 104 Å². The highest BCUT2D eigenvalue weighted by Crippen LogP contribution is 2.33. The Balaban J connectivity index is 3.11. The number of rotatable bonds is 5. The minimum atomic E-state index is -1.41. The van der Waals surface area contributed by atoms with Crippen molar-refractivity contribution in [1.82, 2.24) is 5.32 Å². The second-order valence-corrected chi connectivity index (χ2v) is 3.95. The van der Waals surface area contributed by atoms with E-state index in [-0.39, 0.29) is 22.9 Å². The molecule has 0 aliphatic heterocycles. The summed E-state index contributed by atoms with van der Waals surface area (Å²) in [5.74, 6) is -0.789. The summed E-state index contributed by atoms with van der Waals surface area (Å²) in [7, 11) is 2.92. The topological polar surface area (TPSA) is 61.7 Å². The number of likely N-dealkylation sites (N-methyl/N-ethyl adjacent to an activating group) is 1. The summed E-state index contributed by atoms with van der Waals surface area (Å²) in [5, 5.41) is 22.2. The van der Waals surface area contributed by atoms with Crippen molar-refractivity contribution in [2.75, 3.05) is 20.7 Å². The SMILES string of the molecule is CNCC(O)C(O)c1c(Cl)ccc(OC)c1F. The molecule has 2 atom stereocenters. The fraction of sp³-hybridized carbons (Fsp3) is 0.455. The highest BCUT2D eigenvalue weighted by molar-refractivity contribution is 6.31. The van der Waals surface area contributed by atoms with E-state index in [9.17, 15) is 14.6 Å². The van der Waals surface area contributed by atoms with Crippen molar-refractivity contribution >= 4 is 11.6 Å². The van der Waals surface area contributed by atoms with E-state index in [1.54, 1.807) is 7.05 Å². The van der Waals surface area contributed by atoms with Gasteiger partial charge in [0.15, 0.2) is 11.6 Å². The van der Waals surface area contributed by atoms with Gasteiger partial charge in [-0.15, -0.1) is 0 Å². The molecule has 1 aromatic rings. The van der Waals surface area contributed by atoms with E-state index < -0.39 is 18.0 Å². The van der Waals surface area contributed by atoms with E-state index in [1.807, 2.05) is 0 Å². The molecule has 4 nitrogen and oxygen atoms in total. The standard InChI is InChI=1S/C11H15ClFNO3/c1-14-5-7(15)11(16)9-6(12)3-4-8(17-2)10(9)13/h3-4,7,11,14-16H,5H2,1-2H3. The van der Waals surface area contributed by atoms with Gasteiger partial charge in [-0.3, -0.25) is 0 Å². The van der Waals surface area contributed by atoms with Gasteiger partial charge < -0.3 is 20.3 Å². The van der Waals surface area contributed by atoms with Gasteiger partial charge in [-0.25, -0.2) is 4.39 Å². The molecule has 0 heterocycles. The summed E-state index contributed by atoms with van der Waals surface area (Å²) in [6, 6.07) is 2.77. The van der Waals surface area contributed by atoms with Gasteiger partial charge in [0, 0.05) is 17.1 Å². The van der Waals surface area contributed by atoms with E-state index in [2.05, 4.69) is 5.32 Å². The van der Waals surface area contributed by atoms with E-state index in [0.29, 0.717) is 0 Å². The van der Waals surface area contributed by atoms with Crippen LogP contribution in [0.3, 0.4) is 0 Å². The van der Waals surface area contributed by atoms with Gasteiger partial charge in [-0.1, -0.05) is 11.6 Å². The Hall–Kier alpha value is -0.880. The average Bonchev–Trinajstić information content (AvgIpc) is 2.29. The Kier molecular flexibility index (Phi) is 5.14. The molecule has 0 aliphatic carbocycles. The van der Waals surface area contributed by atoms with Gasteiger partial charge in [0.2, 0.25) is 0 Å². The van der Waals surface area contributed by atoms with Crippen molar-refractivity contribution in [2.45, 2.75) is 12.2 Å². The number of methoxy groups -OCH3 is 1. The lowest BCUT2D eigenvalue weighted by atomic mass is 10.0. The third-order valence-corrected chi connectivity index (χ3v) is 2.71. The maximum Gasteiger partial charge on any atom is 0.172 e. The van der Waals surface area contributed by atoms with Crippen molar-refractivity contribution in [3.8, 4) is 5.75 Å². The number of aliphatic hydroxyl groups excluding tert-OH is 2. The van der Waals surface area contributed by atoms with Crippen LogP contribution < -0.4 is 10.1 Å². The first kappa shape index (κ1) is 14.2. The van der Waals surface area contributed by atoms with Crippen molar-refractivity contribution in [2.24, 2.45) is 0 Å². The van der Waals surface area contributed by atoms with Crippen LogP contribution in [0.15, 0.2) is 12.1 Å². The maximum atomic E-state index is 13.9. The quantitative estimate of drug-likeness (QED) is 0.745. The first-order valence-corrected chi connectivity index (χ1v) is 5.43. The smallest absolute Gasteiger partial charge is 0.172 e. The molecule has 0 saturated carbocycles. The van der Waals surface area contributed by atoms with Crippen molar-refractivity contribution in [3.63, 3.8) is 0 Å². The van der Waals surface area contributed by atoms with Crippen molar-refractivity contribution in [3.05, 3.63) is 28.5 Å². The maximum absolute atomic E-state index is 13.9. The average molecular weight is 264 g/mol. The predicted octanol–water partition coefficient (Wildman–Crippen LogP) is 1.10. The summed E-state index contributed by atoms with van der Waals surface area (Å²) in [6.07, 6.45) is -2.57. The zero-order chi connectivity index (χ0) is 13.0. The zero-order valence-electron chi connectivity index (χ0n) is 9.58. The van der Waals surface area contributed by atoms with Crippen LogP contribution in [-0.4, -0.2) is 37.0 Å². The highest BCUT2D eigenvalue weighted by Gasteiger charge is 2.25. The van der Waals surface area contributed by atoms with E-state index in [1.165, 1.54) is 19.2 Å². The zero-order valence-corrected chi connectivity index (χ0v) is 10.3. The second-order valence-electron chi connectivity index (χ2n) is 3.55. The third-order valence-electron chi connectivity index (χ3n) is 2.38. The number of halogens is 2. The molecule has 3 N–H and O–H groups in total. The molecule has 0 spiro atoms. The third kappa shape index (κ3) is 3.07. The molecule has 0 fully saturated rings. The lowest BCUT2D eigenvalue weighted by Gasteiger charge is -2.20. The number of hydrogen-bond donors (Lipinski definition) is 3. The molecule has 1 rings (SSSR count). The molecular formula is C11H15ClFNO3. The molecule has 0 aromatic heterocycles. The number of benzene rings is 1. The van der Waals surface area contributed by atoms with Gasteiger partial charge >= 0.3 is 0 Å². The van der Waals surface area contributed by atoms with Crippen LogP contribution in [0.4, 0.5) is 4.39 Å².